The van der Waals surface area contributed by atoms with Crippen LogP contribution in [0.1, 0.15) is 31.2 Å². The molecular formula is C17H22F3NO3. The molecule has 0 aromatic heterocycles. The fourth-order valence-electron chi connectivity index (χ4n) is 2.83. The maximum Gasteiger partial charge on any atom is 0.422 e. The van der Waals surface area contributed by atoms with Crippen LogP contribution in [0.15, 0.2) is 24.3 Å². The summed E-state index contributed by atoms with van der Waals surface area (Å²) in [6.07, 6.45) is -0.883. The molecule has 134 valence electrons. The summed E-state index contributed by atoms with van der Waals surface area (Å²) in [7, 11) is 1.41. The standard InChI is InChI=1S/C17H22F3NO3/c1-23-16(22)13-4-6-14(7-5-13)21-10-12-2-8-15(9-3-12)24-11-17(18,19)20/h2-3,8-9,13-14,21H,4-7,10-11H2,1H3. The molecule has 1 N–H and O–H groups in total. The molecule has 0 unspecified atom stereocenters. The number of carbonyl (C=O) groups excluding carboxylic acids is 1. The molecule has 24 heavy (non-hydrogen) atoms. The number of nitrogens with one attached hydrogen (secondary N) is 1. The summed E-state index contributed by atoms with van der Waals surface area (Å²) in [4.78, 5) is 11.5. The van der Waals surface area contributed by atoms with Crippen LogP contribution in [0.4, 0.5) is 13.2 Å². The van der Waals surface area contributed by atoms with E-state index in [1.165, 1.54) is 19.2 Å². The van der Waals surface area contributed by atoms with Gasteiger partial charge in [-0.25, -0.2) is 0 Å². The van der Waals surface area contributed by atoms with Crippen molar-refractivity contribution in [3.8, 4) is 5.75 Å². The molecule has 2 rings (SSSR count). The third-order valence-electron chi connectivity index (χ3n) is 4.18. The topological polar surface area (TPSA) is 47.6 Å². The lowest BCUT2D eigenvalue weighted by Crippen LogP contribution is -2.34. The lowest BCUT2D eigenvalue weighted by atomic mass is 9.86. The Labute approximate surface area is 139 Å². The first-order chi connectivity index (χ1) is 11.4. The van der Waals surface area contributed by atoms with E-state index in [0.29, 0.717) is 12.6 Å². The molecule has 0 radical (unpaired) electrons. The molecule has 1 aromatic rings. The summed E-state index contributed by atoms with van der Waals surface area (Å²) in [5.41, 5.74) is 0.976. The number of carbonyl (C=O) groups is 1. The van der Waals surface area contributed by atoms with E-state index in [2.05, 4.69) is 10.1 Å². The Morgan fingerprint density at radius 2 is 1.79 bits per heavy atom. The van der Waals surface area contributed by atoms with Crippen molar-refractivity contribution in [2.24, 2.45) is 5.92 Å². The van der Waals surface area contributed by atoms with E-state index < -0.39 is 12.8 Å². The Kier molecular flexibility index (Phi) is 6.48. The van der Waals surface area contributed by atoms with Gasteiger partial charge in [0.2, 0.25) is 0 Å². The van der Waals surface area contributed by atoms with Gasteiger partial charge in [0, 0.05) is 12.6 Å². The zero-order valence-electron chi connectivity index (χ0n) is 13.6. The van der Waals surface area contributed by atoms with Gasteiger partial charge < -0.3 is 14.8 Å². The summed E-state index contributed by atoms with van der Waals surface area (Å²) in [5, 5.41) is 3.42. The minimum absolute atomic E-state index is 0.00175. The van der Waals surface area contributed by atoms with Gasteiger partial charge in [0.05, 0.1) is 13.0 Å². The van der Waals surface area contributed by atoms with Crippen molar-refractivity contribution in [2.75, 3.05) is 13.7 Å². The van der Waals surface area contributed by atoms with Crippen molar-refractivity contribution in [3.05, 3.63) is 29.8 Å². The number of alkyl halides is 3. The molecule has 0 saturated heterocycles. The lowest BCUT2D eigenvalue weighted by Gasteiger charge is -2.27. The zero-order valence-corrected chi connectivity index (χ0v) is 13.6. The Hall–Kier alpha value is -1.76. The van der Waals surface area contributed by atoms with Crippen LogP contribution in [0.3, 0.4) is 0 Å². The van der Waals surface area contributed by atoms with E-state index >= 15 is 0 Å². The minimum atomic E-state index is -4.33. The number of halogens is 3. The third-order valence-corrected chi connectivity index (χ3v) is 4.18. The Balaban J connectivity index is 1.72. The highest BCUT2D eigenvalue weighted by Crippen LogP contribution is 2.25. The van der Waals surface area contributed by atoms with Gasteiger partial charge in [0.1, 0.15) is 5.75 Å². The molecule has 0 heterocycles. The fourth-order valence-corrected chi connectivity index (χ4v) is 2.83. The summed E-state index contributed by atoms with van der Waals surface area (Å²) in [5.74, 6) is 0.0654. The number of hydrogen-bond donors (Lipinski definition) is 1. The van der Waals surface area contributed by atoms with E-state index in [-0.39, 0.29) is 17.6 Å². The molecule has 0 spiro atoms. The monoisotopic (exact) mass is 345 g/mol. The van der Waals surface area contributed by atoms with Crippen molar-refractivity contribution in [3.63, 3.8) is 0 Å². The first-order valence-electron chi connectivity index (χ1n) is 7.97. The summed E-state index contributed by atoms with van der Waals surface area (Å²) in [6.45, 7) is -0.652. The van der Waals surface area contributed by atoms with Crippen molar-refractivity contribution in [2.45, 2.75) is 44.4 Å². The minimum Gasteiger partial charge on any atom is -0.484 e. The van der Waals surface area contributed by atoms with Gasteiger partial charge in [-0.3, -0.25) is 4.79 Å². The average Bonchev–Trinajstić information content (AvgIpc) is 2.58. The van der Waals surface area contributed by atoms with Crippen LogP contribution in [0.5, 0.6) is 5.75 Å². The SMILES string of the molecule is COC(=O)C1CCC(NCc2ccc(OCC(F)(F)F)cc2)CC1. The smallest absolute Gasteiger partial charge is 0.422 e. The normalized spacial score (nSPS) is 21.3. The van der Waals surface area contributed by atoms with Gasteiger partial charge in [0.25, 0.3) is 0 Å². The molecule has 0 atom stereocenters. The zero-order chi connectivity index (χ0) is 17.6. The average molecular weight is 345 g/mol. The Bertz CT molecular complexity index is 523. The van der Waals surface area contributed by atoms with Crippen molar-refractivity contribution in [1.29, 1.82) is 0 Å². The molecule has 1 fully saturated rings. The molecule has 1 saturated carbocycles. The number of benzene rings is 1. The fraction of sp³-hybridized carbons (Fsp3) is 0.588. The van der Waals surface area contributed by atoms with Gasteiger partial charge in [-0.1, -0.05) is 12.1 Å². The second-order valence-corrected chi connectivity index (χ2v) is 6.00. The maximum absolute atomic E-state index is 12.1. The van der Waals surface area contributed by atoms with Crippen LogP contribution in [0.2, 0.25) is 0 Å². The predicted molar refractivity (Wildman–Crippen MR) is 82.6 cm³/mol. The summed E-state index contributed by atoms with van der Waals surface area (Å²) >= 11 is 0. The summed E-state index contributed by atoms with van der Waals surface area (Å²) < 4.78 is 45.7. The molecule has 0 amide bonds. The summed E-state index contributed by atoms with van der Waals surface area (Å²) in [6, 6.07) is 6.91. The molecule has 0 bridgehead atoms. The quantitative estimate of drug-likeness (QED) is 0.803. The van der Waals surface area contributed by atoms with Crippen molar-refractivity contribution in [1.82, 2.24) is 5.32 Å². The number of rotatable bonds is 6. The van der Waals surface area contributed by atoms with E-state index in [9.17, 15) is 18.0 Å². The number of hydrogen-bond acceptors (Lipinski definition) is 4. The Morgan fingerprint density at radius 1 is 1.17 bits per heavy atom. The van der Waals surface area contributed by atoms with E-state index in [1.54, 1.807) is 12.1 Å². The largest absolute Gasteiger partial charge is 0.484 e. The van der Waals surface area contributed by atoms with Crippen LogP contribution in [0.25, 0.3) is 0 Å². The van der Waals surface area contributed by atoms with Crippen LogP contribution in [0, 0.1) is 5.92 Å². The predicted octanol–water partition coefficient (Wildman–Crippen LogP) is 3.45. The molecule has 0 aliphatic heterocycles. The van der Waals surface area contributed by atoms with Crippen molar-refractivity contribution < 1.29 is 27.4 Å². The van der Waals surface area contributed by atoms with Crippen LogP contribution < -0.4 is 10.1 Å². The second kappa shape index (κ2) is 8.37. The van der Waals surface area contributed by atoms with Crippen LogP contribution >= 0.6 is 0 Å². The van der Waals surface area contributed by atoms with Gasteiger partial charge in [-0.2, -0.15) is 13.2 Å². The van der Waals surface area contributed by atoms with Gasteiger partial charge in [0.15, 0.2) is 6.61 Å². The van der Waals surface area contributed by atoms with Crippen molar-refractivity contribution >= 4 is 5.97 Å². The molecule has 1 aromatic carbocycles. The van der Waals surface area contributed by atoms with Crippen LogP contribution in [-0.4, -0.2) is 31.9 Å². The number of methoxy groups -OCH3 is 1. The first kappa shape index (κ1) is 18.6. The molecule has 7 heteroatoms. The van der Waals surface area contributed by atoms with Gasteiger partial charge in [-0.15, -0.1) is 0 Å². The third kappa shape index (κ3) is 6.03. The highest BCUT2D eigenvalue weighted by Gasteiger charge is 2.28. The molecule has 4 nitrogen and oxygen atoms in total. The molecule has 1 aliphatic carbocycles. The van der Waals surface area contributed by atoms with E-state index in [0.717, 1.165) is 31.2 Å². The highest BCUT2D eigenvalue weighted by atomic mass is 19.4. The molecular weight excluding hydrogens is 323 g/mol. The maximum atomic E-state index is 12.1. The van der Waals surface area contributed by atoms with E-state index in [4.69, 9.17) is 4.74 Å². The number of ether oxygens (including phenoxy) is 2. The number of esters is 1. The lowest BCUT2D eigenvalue weighted by molar-refractivity contribution is -0.153. The van der Waals surface area contributed by atoms with Crippen LogP contribution in [-0.2, 0) is 16.1 Å². The van der Waals surface area contributed by atoms with Gasteiger partial charge in [-0.05, 0) is 43.4 Å². The van der Waals surface area contributed by atoms with E-state index in [1.807, 2.05) is 0 Å². The second-order valence-electron chi connectivity index (χ2n) is 6.00. The highest BCUT2D eigenvalue weighted by molar-refractivity contribution is 5.72. The Morgan fingerprint density at radius 3 is 2.33 bits per heavy atom. The van der Waals surface area contributed by atoms with Gasteiger partial charge >= 0.3 is 12.1 Å². The first-order valence-corrected chi connectivity index (χ1v) is 7.97. The molecule has 1 aliphatic rings.